The number of anilines is 1. The highest BCUT2D eigenvalue weighted by Gasteiger charge is 2.18. The van der Waals surface area contributed by atoms with Crippen LogP contribution in [0.4, 0.5) is 10.1 Å². The van der Waals surface area contributed by atoms with Crippen LogP contribution in [0.2, 0.25) is 0 Å². The molecular formula is C22H14BrFN4O2. The summed E-state index contributed by atoms with van der Waals surface area (Å²) in [5, 5.41) is 11.7. The van der Waals surface area contributed by atoms with E-state index in [0.717, 1.165) is 4.47 Å². The number of hydrogen-bond donors (Lipinski definition) is 1. The average molecular weight is 465 g/mol. The minimum atomic E-state index is -0.543. The van der Waals surface area contributed by atoms with Crippen LogP contribution in [0, 0.1) is 31.0 Å². The minimum Gasteiger partial charge on any atom is -0.434 e. The molecule has 0 unspecified atom stereocenters. The van der Waals surface area contributed by atoms with Crippen LogP contribution in [-0.2, 0) is 0 Å². The molecule has 1 N–H and O–H groups in total. The minimum absolute atomic E-state index is 0.206. The first kappa shape index (κ1) is 19.7. The summed E-state index contributed by atoms with van der Waals surface area (Å²) in [5.41, 5.74) is 3.68. The van der Waals surface area contributed by atoms with Gasteiger partial charge < -0.3 is 9.73 Å². The molecule has 2 heterocycles. The van der Waals surface area contributed by atoms with E-state index in [1.54, 1.807) is 44.3 Å². The van der Waals surface area contributed by atoms with E-state index in [9.17, 15) is 9.18 Å². The molecule has 148 valence electrons. The normalized spacial score (nSPS) is 10.8. The SMILES string of the molecule is Cc1cc(C#N)ccc1C(=O)Nc1cc(F)cc(-c2nc3ncc(Br)cc3o2)c1C. The summed E-state index contributed by atoms with van der Waals surface area (Å²) in [5.74, 6) is -0.740. The van der Waals surface area contributed by atoms with Crippen molar-refractivity contribution in [2.24, 2.45) is 0 Å². The number of oxazole rings is 1. The van der Waals surface area contributed by atoms with Gasteiger partial charge in [-0.3, -0.25) is 4.79 Å². The first-order chi connectivity index (χ1) is 14.4. The van der Waals surface area contributed by atoms with E-state index in [-0.39, 0.29) is 5.89 Å². The molecule has 2 aromatic heterocycles. The average Bonchev–Trinajstić information content (AvgIpc) is 3.13. The van der Waals surface area contributed by atoms with Gasteiger partial charge in [0.05, 0.1) is 11.6 Å². The van der Waals surface area contributed by atoms with E-state index < -0.39 is 11.7 Å². The Balaban J connectivity index is 1.72. The fourth-order valence-electron chi connectivity index (χ4n) is 3.12. The number of amides is 1. The molecule has 1 amide bonds. The smallest absolute Gasteiger partial charge is 0.255 e. The summed E-state index contributed by atoms with van der Waals surface area (Å²) in [4.78, 5) is 21.3. The van der Waals surface area contributed by atoms with Crippen LogP contribution < -0.4 is 5.32 Å². The zero-order valence-electron chi connectivity index (χ0n) is 16.0. The largest absolute Gasteiger partial charge is 0.434 e. The molecule has 0 radical (unpaired) electrons. The zero-order valence-corrected chi connectivity index (χ0v) is 17.5. The molecule has 0 saturated carbocycles. The van der Waals surface area contributed by atoms with Gasteiger partial charge in [-0.05, 0) is 71.2 Å². The Kier molecular flexibility index (Phi) is 5.06. The van der Waals surface area contributed by atoms with Crippen LogP contribution in [0.15, 0.2) is 51.5 Å². The molecule has 0 bridgehead atoms. The van der Waals surface area contributed by atoms with Crippen molar-refractivity contribution in [3.05, 3.63) is 75.1 Å². The molecule has 0 fully saturated rings. The number of nitriles is 1. The second kappa shape index (κ2) is 7.69. The van der Waals surface area contributed by atoms with Gasteiger partial charge in [-0.2, -0.15) is 10.2 Å². The van der Waals surface area contributed by atoms with E-state index in [4.69, 9.17) is 9.68 Å². The number of fused-ring (bicyclic) bond motifs is 1. The van der Waals surface area contributed by atoms with Crippen molar-refractivity contribution in [3.8, 4) is 17.5 Å². The maximum atomic E-state index is 14.4. The first-order valence-electron chi connectivity index (χ1n) is 8.90. The van der Waals surface area contributed by atoms with Crippen molar-refractivity contribution in [1.82, 2.24) is 9.97 Å². The van der Waals surface area contributed by atoms with Crippen molar-refractivity contribution in [3.63, 3.8) is 0 Å². The van der Waals surface area contributed by atoms with Gasteiger partial charge in [0.25, 0.3) is 5.91 Å². The van der Waals surface area contributed by atoms with Crippen LogP contribution in [0.5, 0.6) is 0 Å². The number of rotatable bonds is 3. The van der Waals surface area contributed by atoms with Crippen LogP contribution in [-0.4, -0.2) is 15.9 Å². The molecule has 2 aromatic carbocycles. The Bertz CT molecular complexity index is 1360. The maximum absolute atomic E-state index is 14.4. The summed E-state index contributed by atoms with van der Waals surface area (Å²) < 4.78 is 20.8. The molecule has 6 nitrogen and oxygen atoms in total. The molecule has 0 atom stereocenters. The Labute approximate surface area is 179 Å². The maximum Gasteiger partial charge on any atom is 0.255 e. The lowest BCUT2D eigenvalue weighted by atomic mass is 10.0. The summed E-state index contributed by atoms with van der Waals surface area (Å²) >= 11 is 3.32. The quantitative estimate of drug-likeness (QED) is 0.430. The van der Waals surface area contributed by atoms with E-state index in [0.29, 0.717) is 44.7 Å². The first-order valence-corrected chi connectivity index (χ1v) is 9.69. The van der Waals surface area contributed by atoms with Crippen molar-refractivity contribution >= 4 is 38.8 Å². The number of halogens is 2. The van der Waals surface area contributed by atoms with E-state index in [2.05, 4.69) is 31.2 Å². The lowest BCUT2D eigenvalue weighted by Gasteiger charge is -2.13. The van der Waals surface area contributed by atoms with Crippen LogP contribution >= 0.6 is 15.9 Å². The van der Waals surface area contributed by atoms with Crippen LogP contribution in [0.3, 0.4) is 0 Å². The van der Waals surface area contributed by atoms with Gasteiger partial charge in [-0.25, -0.2) is 9.37 Å². The highest BCUT2D eigenvalue weighted by atomic mass is 79.9. The number of pyridine rings is 1. The van der Waals surface area contributed by atoms with Gasteiger partial charge in [-0.15, -0.1) is 0 Å². The van der Waals surface area contributed by atoms with Gasteiger partial charge in [0, 0.05) is 33.6 Å². The Hall–Kier alpha value is -3.57. The predicted octanol–water partition coefficient (Wildman–Crippen LogP) is 5.53. The number of aryl methyl sites for hydroxylation is 1. The second-order valence-electron chi connectivity index (χ2n) is 6.72. The Morgan fingerprint density at radius 3 is 2.77 bits per heavy atom. The molecule has 0 aliphatic heterocycles. The van der Waals surface area contributed by atoms with Gasteiger partial charge in [-0.1, -0.05) is 0 Å². The van der Waals surface area contributed by atoms with Gasteiger partial charge in [0.1, 0.15) is 5.82 Å². The van der Waals surface area contributed by atoms with Crippen molar-refractivity contribution in [2.75, 3.05) is 5.32 Å². The third-order valence-corrected chi connectivity index (χ3v) is 5.10. The summed E-state index contributed by atoms with van der Waals surface area (Å²) in [7, 11) is 0. The lowest BCUT2D eigenvalue weighted by molar-refractivity contribution is 0.102. The fourth-order valence-corrected chi connectivity index (χ4v) is 3.43. The third-order valence-electron chi connectivity index (χ3n) is 4.66. The molecule has 0 aliphatic rings. The van der Waals surface area contributed by atoms with Gasteiger partial charge >= 0.3 is 0 Å². The number of carbonyl (C=O) groups is 1. The highest BCUT2D eigenvalue weighted by Crippen LogP contribution is 2.32. The molecule has 0 saturated heterocycles. The standard InChI is InChI=1S/C22H14BrFN4O2/c1-11-5-13(9-25)3-4-16(11)21(29)27-18-8-15(24)7-17(12(18)2)22-28-20-19(30-22)6-14(23)10-26-20/h3-8,10H,1-2H3,(H,27,29). The molecular weight excluding hydrogens is 451 g/mol. The number of nitrogens with one attached hydrogen (secondary N) is 1. The lowest BCUT2D eigenvalue weighted by Crippen LogP contribution is -2.14. The Morgan fingerprint density at radius 1 is 1.23 bits per heavy atom. The summed E-state index contributed by atoms with van der Waals surface area (Å²) in [6, 6.07) is 11.1. The van der Waals surface area contributed by atoms with Crippen LogP contribution in [0.25, 0.3) is 22.7 Å². The number of aromatic nitrogens is 2. The third kappa shape index (κ3) is 3.67. The molecule has 4 aromatic rings. The number of carbonyl (C=O) groups excluding carboxylic acids is 1. The number of hydrogen-bond acceptors (Lipinski definition) is 5. The van der Waals surface area contributed by atoms with E-state index in [1.807, 2.05) is 6.07 Å². The highest BCUT2D eigenvalue weighted by molar-refractivity contribution is 9.10. The van der Waals surface area contributed by atoms with Gasteiger partial charge in [0.2, 0.25) is 5.89 Å². The van der Waals surface area contributed by atoms with Gasteiger partial charge in [0.15, 0.2) is 11.2 Å². The van der Waals surface area contributed by atoms with Crippen molar-refractivity contribution in [1.29, 1.82) is 5.26 Å². The van der Waals surface area contributed by atoms with Crippen LogP contribution in [0.1, 0.15) is 27.0 Å². The fraction of sp³-hybridized carbons (Fsp3) is 0.0909. The Morgan fingerprint density at radius 2 is 2.03 bits per heavy atom. The predicted molar refractivity (Wildman–Crippen MR) is 113 cm³/mol. The monoisotopic (exact) mass is 464 g/mol. The van der Waals surface area contributed by atoms with E-state index >= 15 is 0 Å². The van der Waals surface area contributed by atoms with Crippen molar-refractivity contribution in [2.45, 2.75) is 13.8 Å². The summed E-state index contributed by atoms with van der Waals surface area (Å²) in [6.45, 7) is 3.48. The van der Waals surface area contributed by atoms with E-state index in [1.165, 1.54) is 12.1 Å². The molecule has 30 heavy (non-hydrogen) atoms. The molecule has 4 rings (SSSR count). The molecule has 0 spiro atoms. The zero-order chi connectivity index (χ0) is 21.4. The van der Waals surface area contributed by atoms with Crippen molar-refractivity contribution < 1.29 is 13.6 Å². The topological polar surface area (TPSA) is 91.8 Å². The molecule has 8 heteroatoms. The second-order valence-corrected chi connectivity index (χ2v) is 7.63. The number of benzene rings is 2. The summed E-state index contributed by atoms with van der Waals surface area (Å²) in [6.07, 6.45) is 1.60. The molecule has 0 aliphatic carbocycles. The number of nitrogens with zero attached hydrogens (tertiary/aromatic N) is 3.